The maximum absolute atomic E-state index is 13.5. The number of thioether (sulfide) groups is 1. The first-order chi connectivity index (χ1) is 16.0. The van der Waals surface area contributed by atoms with Gasteiger partial charge in [0.25, 0.3) is 5.56 Å². The van der Waals surface area contributed by atoms with E-state index >= 15 is 0 Å². The maximum atomic E-state index is 13.5. The Kier molecular flexibility index (Phi) is 5.26. The summed E-state index contributed by atoms with van der Waals surface area (Å²) in [5.41, 5.74) is 4.08. The second-order valence-corrected chi connectivity index (χ2v) is 8.56. The highest BCUT2D eigenvalue weighted by Gasteiger charge is 2.21. The lowest BCUT2D eigenvalue weighted by Gasteiger charge is -2.13. The Balaban J connectivity index is 1.69. The van der Waals surface area contributed by atoms with Gasteiger partial charge in [0.15, 0.2) is 5.16 Å². The molecule has 0 saturated carbocycles. The van der Waals surface area contributed by atoms with Gasteiger partial charge in [0, 0.05) is 11.3 Å². The molecule has 0 aliphatic heterocycles. The second kappa shape index (κ2) is 8.25. The quantitative estimate of drug-likeness (QED) is 0.285. The fraction of sp³-hybridized carbons (Fsp3) is 0.167. The van der Waals surface area contributed by atoms with Crippen LogP contribution in [0.2, 0.25) is 0 Å². The third kappa shape index (κ3) is 3.50. The molecule has 9 heteroatoms. The summed E-state index contributed by atoms with van der Waals surface area (Å²) < 4.78 is 13.5. The smallest absolute Gasteiger partial charge is 0.374 e. The van der Waals surface area contributed by atoms with Gasteiger partial charge >= 0.3 is 5.97 Å². The molecule has 3 heterocycles. The molecule has 5 aromatic rings. The third-order valence-electron chi connectivity index (χ3n) is 5.46. The van der Waals surface area contributed by atoms with E-state index in [0.717, 1.165) is 16.8 Å². The zero-order chi connectivity index (χ0) is 23.1. The molecule has 0 saturated heterocycles. The van der Waals surface area contributed by atoms with E-state index < -0.39 is 5.97 Å². The van der Waals surface area contributed by atoms with Crippen LogP contribution in [0.25, 0.3) is 22.4 Å². The fourth-order valence-corrected chi connectivity index (χ4v) is 4.83. The Bertz CT molecular complexity index is 1580. The highest BCUT2D eigenvalue weighted by molar-refractivity contribution is 7.98. The van der Waals surface area contributed by atoms with Gasteiger partial charge in [-0.15, -0.1) is 10.2 Å². The summed E-state index contributed by atoms with van der Waals surface area (Å²) >= 11 is 1.39. The summed E-state index contributed by atoms with van der Waals surface area (Å²) in [6.07, 6.45) is 1.46. The van der Waals surface area contributed by atoms with Crippen LogP contribution in [-0.2, 0) is 10.5 Å². The van der Waals surface area contributed by atoms with Crippen molar-refractivity contribution in [1.29, 1.82) is 0 Å². The van der Waals surface area contributed by atoms with Crippen LogP contribution in [0.15, 0.2) is 69.2 Å². The summed E-state index contributed by atoms with van der Waals surface area (Å²) in [4.78, 5) is 25.4. The number of rotatable bonds is 5. The van der Waals surface area contributed by atoms with Gasteiger partial charge in [-0.3, -0.25) is 9.20 Å². The molecule has 5 rings (SSSR count). The normalized spacial score (nSPS) is 11.4. The van der Waals surface area contributed by atoms with Crippen molar-refractivity contribution < 1.29 is 13.9 Å². The summed E-state index contributed by atoms with van der Waals surface area (Å²) in [7, 11) is 1.31. The Morgan fingerprint density at radius 1 is 1.12 bits per heavy atom. The van der Waals surface area contributed by atoms with Gasteiger partial charge in [0.05, 0.1) is 30.0 Å². The summed E-state index contributed by atoms with van der Waals surface area (Å²) in [5, 5.41) is 9.92. The number of carbonyl (C=O) groups is 1. The zero-order valence-corrected chi connectivity index (χ0v) is 19.0. The van der Waals surface area contributed by atoms with Crippen molar-refractivity contribution in [2.45, 2.75) is 24.8 Å². The highest BCUT2D eigenvalue weighted by atomic mass is 32.2. The van der Waals surface area contributed by atoms with Crippen LogP contribution in [0, 0.1) is 13.8 Å². The molecule has 8 nitrogen and oxygen atoms in total. The number of carbonyl (C=O) groups excluding carboxylic acids is 1. The van der Waals surface area contributed by atoms with Crippen molar-refractivity contribution >= 4 is 34.4 Å². The molecular formula is C24H20N4O4S. The van der Waals surface area contributed by atoms with Gasteiger partial charge in [-0.05, 0) is 43.7 Å². The molecule has 0 amide bonds. The van der Waals surface area contributed by atoms with E-state index in [1.165, 1.54) is 25.1 Å². The number of methoxy groups -OCH3 is 1. The van der Waals surface area contributed by atoms with E-state index in [-0.39, 0.29) is 11.3 Å². The Hall–Kier alpha value is -3.85. The van der Waals surface area contributed by atoms with Gasteiger partial charge in [-0.1, -0.05) is 41.6 Å². The zero-order valence-electron chi connectivity index (χ0n) is 18.2. The molecule has 0 N–H and O–H groups in total. The molecule has 0 aliphatic rings. The summed E-state index contributed by atoms with van der Waals surface area (Å²) in [5.74, 6) is 0.471. The van der Waals surface area contributed by atoms with E-state index in [1.807, 2.05) is 54.6 Å². The summed E-state index contributed by atoms with van der Waals surface area (Å²) in [6.45, 7) is 3.99. The number of hydrogen-bond acceptors (Lipinski definition) is 7. The van der Waals surface area contributed by atoms with E-state index in [9.17, 15) is 9.59 Å². The molecule has 0 fully saturated rings. The molecule has 33 heavy (non-hydrogen) atoms. The molecule has 3 aromatic heterocycles. The first-order valence-electron chi connectivity index (χ1n) is 10.2. The number of aryl methyl sites for hydroxylation is 2. The monoisotopic (exact) mass is 460 g/mol. The molecule has 0 radical (unpaired) electrons. The topological polar surface area (TPSA) is 91.6 Å². The van der Waals surface area contributed by atoms with Crippen LogP contribution in [0.4, 0.5) is 0 Å². The van der Waals surface area contributed by atoms with Crippen LogP contribution < -0.4 is 5.56 Å². The largest absolute Gasteiger partial charge is 0.463 e. The molecule has 0 spiro atoms. The van der Waals surface area contributed by atoms with Crippen molar-refractivity contribution in [1.82, 2.24) is 19.2 Å². The van der Waals surface area contributed by atoms with Crippen LogP contribution in [0.1, 0.15) is 27.2 Å². The molecule has 0 bridgehead atoms. The minimum Gasteiger partial charge on any atom is -0.463 e. The van der Waals surface area contributed by atoms with E-state index in [4.69, 9.17) is 9.15 Å². The summed E-state index contributed by atoms with van der Waals surface area (Å²) in [6, 6.07) is 15.1. The van der Waals surface area contributed by atoms with Gasteiger partial charge in [0.1, 0.15) is 0 Å². The standard InChI is InChI=1S/C24H20N4O4S/c1-14-8-9-18(15(2)12-14)27-21(29)17-6-4-5-7-19(17)28-23(27)25-26-24(28)33-13-16-10-11-32-20(16)22(30)31-3/h4-12H,13H2,1-3H3. The SMILES string of the molecule is COC(=O)c1occc1CSc1nnc2n(-c3ccc(C)cc3C)c(=O)c3ccccc3n12. The minimum atomic E-state index is -0.532. The van der Waals surface area contributed by atoms with Gasteiger partial charge in [-0.25, -0.2) is 9.36 Å². The number of aromatic nitrogens is 4. The number of esters is 1. The predicted octanol–water partition coefficient (Wildman–Crippen LogP) is 4.32. The Morgan fingerprint density at radius 2 is 1.94 bits per heavy atom. The fourth-order valence-electron chi connectivity index (χ4n) is 3.91. The average Bonchev–Trinajstić information content (AvgIpc) is 3.45. The number of hydrogen-bond donors (Lipinski definition) is 0. The predicted molar refractivity (Wildman–Crippen MR) is 125 cm³/mol. The van der Waals surface area contributed by atoms with Gasteiger partial charge in [0.2, 0.25) is 11.5 Å². The van der Waals surface area contributed by atoms with Crippen molar-refractivity contribution in [3.63, 3.8) is 0 Å². The second-order valence-electron chi connectivity index (χ2n) is 7.62. The van der Waals surface area contributed by atoms with Crippen LogP contribution in [0.5, 0.6) is 0 Å². The van der Waals surface area contributed by atoms with E-state index in [1.54, 1.807) is 16.7 Å². The van der Waals surface area contributed by atoms with E-state index in [0.29, 0.717) is 33.2 Å². The lowest BCUT2D eigenvalue weighted by Crippen LogP contribution is -2.22. The van der Waals surface area contributed by atoms with Crippen molar-refractivity contribution in [2.75, 3.05) is 7.11 Å². The molecule has 2 aromatic carbocycles. The lowest BCUT2D eigenvalue weighted by atomic mass is 10.1. The van der Waals surface area contributed by atoms with Gasteiger partial charge < -0.3 is 9.15 Å². The third-order valence-corrected chi connectivity index (χ3v) is 6.44. The lowest BCUT2D eigenvalue weighted by molar-refractivity contribution is 0.0564. The van der Waals surface area contributed by atoms with Crippen LogP contribution >= 0.6 is 11.8 Å². The molecule has 0 unspecified atom stereocenters. The molecule has 0 aliphatic carbocycles. The van der Waals surface area contributed by atoms with E-state index in [2.05, 4.69) is 10.2 Å². The number of ether oxygens (including phenoxy) is 1. The minimum absolute atomic E-state index is 0.156. The number of furan rings is 1. The molecular weight excluding hydrogens is 440 g/mol. The first kappa shape index (κ1) is 21.0. The Labute approximate surface area is 192 Å². The Morgan fingerprint density at radius 3 is 2.73 bits per heavy atom. The average molecular weight is 461 g/mol. The maximum Gasteiger partial charge on any atom is 0.374 e. The first-order valence-corrected chi connectivity index (χ1v) is 11.2. The van der Waals surface area contributed by atoms with Gasteiger partial charge in [-0.2, -0.15) is 0 Å². The van der Waals surface area contributed by atoms with Crippen molar-refractivity contribution in [2.24, 2.45) is 0 Å². The molecule has 0 atom stereocenters. The van der Waals surface area contributed by atoms with Crippen molar-refractivity contribution in [3.8, 4) is 5.69 Å². The number of fused-ring (bicyclic) bond motifs is 3. The molecule has 166 valence electrons. The number of nitrogens with zero attached hydrogens (tertiary/aromatic N) is 4. The highest BCUT2D eigenvalue weighted by Crippen LogP contribution is 2.28. The number of benzene rings is 2. The van der Waals surface area contributed by atoms with Crippen LogP contribution in [0.3, 0.4) is 0 Å². The van der Waals surface area contributed by atoms with Crippen LogP contribution in [-0.4, -0.2) is 32.2 Å². The number of para-hydroxylation sites is 1. The van der Waals surface area contributed by atoms with Crippen molar-refractivity contribution in [3.05, 3.63) is 87.6 Å².